The second-order valence-corrected chi connectivity index (χ2v) is 6.94. The first-order chi connectivity index (χ1) is 12.7. The number of aromatic nitrogens is 2. The highest BCUT2D eigenvalue weighted by atomic mass is 16.2. The van der Waals surface area contributed by atoms with Gasteiger partial charge in [0, 0.05) is 18.3 Å². The molecule has 1 aromatic heterocycles. The largest absolute Gasteiger partial charge is 0.346 e. The molecule has 2 aromatic carbocycles. The van der Waals surface area contributed by atoms with Crippen molar-refractivity contribution in [3.63, 3.8) is 0 Å². The van der Waals surface area contributed by atoms with Gasteiger partial charge in [0.2, 0.25) is 5.91 Å². The molecule has 0 saturated carbocycles. The molecule has 2 heterocycles. The van der Waals surface area contributed by atoms with Crippen LogP contribution in [0.1, 0.15) is 35.8 Å². The predicted octanol–water partition coefficient (Wildman–Crippen LogP) is 4.29. The highest BCUT2D eigenvalue weighted by Gasteiger charge is 2.31. The van der Waals surface area contributed by atoms with Crippen molar-refractivity contribution in [3.05, 3.63) is 77.7 Å². The lowest BCUT2D eigenvalue weighted by molar-refractivity contribution is -0.131. The van der Waals surface area contributed by atoms with Gasteiger partial charge in [0.1, 0.15) is 5.82 Å². The van der Waals surface area contributed by atoms with E-state index < -0.39 is 0 Å². The van der Waals surface area contributed by atoms with Gasteiger partial charge in [-0.3, -0.25) is 4.79 Å². The molecule has 1 N–H and O–H groups in total. The van der Waals surface area contributed by atoms with Crippen LogP contribution in [0.2, 0.25) is 0 Å². The smallest absolute Gasteiger partial charge is 0.227 e. The summed E-state index contributed by atoms with van der Waals surface area (Å²) in [6.45, 7) is 2.88. The first kappa shape index (κ1) is 16.6. The zero-order valence-electron chi connectivity index (χ0n) is 15.0. The lowest BCUT2D eigenvalue weighted by Crippen LogP contribution is -2.32. The van der Waals surface area contributed by atoms with E-state index in [0.29, 0.717) is 6.42 Å². The van der Waals surface area contributed by atoms with Crippen LogP contribution >= 0.6 is 0 Å². The van der Waals surface area contributed by atoms with E-state index in [2.05, 4.69) is 36.2 Å². The van der Waals surface area contributed by atoms with Crippen molar-refractivity contribution in [1.82, 2.24) is 14.9 Å². The summed E-state index contributed by atoms with van der Waals surface area (Å²) in [5.41, 5.74) is 4.32. The standard InChI is InChI=1S/C22H23N3O/c1-16-9-11-18(12-10-16)19-15-23-22(24-19)20-8-5-13-25(20)21(26)14-17-6-3-2-4-7-17/h2-4,6-7,9-12,15,20H,5,8,13-14H2,1H3,(H,23,24)/t20-/m0/s1. The lowest BCUT2D eigenvalue weighted by atomic mass is 10.1. The second-order valence-electron chi connectivity index (χ2n) is 6.94. The number of nitrogens with zero attached hydrogens (tertiary/aromatic N) is 2. The number of rotatable bonds is 4. The van der Waals surface area contributed by atoms with Crippen LogP contribution < -0.4 is 0 Å². The Morgan fingerprint density at radius 1 is 1.15 bits per heavy atom. The van der Waals surface area contributed by atoms with Crippen molar-refractivity contribution in [2.45, 2.75) is 32.2 Å². The minimum atomic E-state index is 0.0467. The molecule has 0 aliphatic carbocycles. The van der Waals surface area contributed by atoms with Crippen LogP contribution in [0.15, 0.2) is 60.8 Å². The number of carbonyl (C=O) groups excluding carboxylic acids is 1. The summed E-state index contributed by atoms with van der Waals surface area (Å²) in [5.74, 6) is 1.06. The van der Waals surface area contributed by atoms with Gasteiger partial charge < -0.3 is 9.88 Å². The number of benzene rings is 2. The van der Waals surface area contributed by atoms with E-state index in [9.17, 15) is 4.79 Å². The van der Waals surface area contributed by atoms with E-state index in [-0.39, 0.29) is 11.9 Å². The maximum absolute atomic E-state index is 12.8. The van der Waals surface area contributed by atoms with Crippen LogP contribution in [0, 0.1) is 6.92 Å². The molecule has 26 heavy (non-hydrogen) atoms. The highest BCUT2D eigenvalue weighted by Crippen LogP contribution is 2.32. The summed E-state index contributed by atoms with van der Waals surface area (Å²) >= 11 is 0. The van der Waals surface area contributed by atoms with E-state index in [0.717, 1.165) is 42.0 Å². The molecule has 1 fully saturated rings. The Morgan fingerprint density at radius 3 is 2.69 bits per heavy atom. The lowest BCUT2D eigenvalue weighted by Gasteiger charge is -2.23. The number of imidazole rings is 1. The molecule has 4 nitrogen and oxygen atoms in total. The maximum Gasteiger partial charge on any atom is 0.227 e. The van der Waals surface area contributed by atoms with E-state index in [4.69, 9.17) is 4.98 Å². The third kappa shape index (κ3) is 3.40. The number of hydrogen-bond donors (Lipinski definition) is 1. The number of aryl methyl sites for hydroxylation is 1. The monoisotopic (exact) mass is 345 g/mol. The van der Waals surface area contributed by atoms with Crippen molar-refractivity contribution in [2.24, 2.45) is 0 Å². The number of H-pyrrole nitrogens is 1. The van der Waals surface area contributed by atoms with E-state index in [1.165, 1.54) is 5.56 Å². The molecule has 0 spiro atoms. The highest BCUT2D eigenvalue weighted by molar-refractivity contribution is 5.79. The first-order valence-electron chi connectivity index (χ1n) is 9.16. The summed E-state index contributed by atoms with van der Waals surface area (Å²) in [4.78, 5) is 22.9. The normalized spacial score (nSPS) is 16.8. The van der Waals surface area contributed by atoms with Crippen molar-refractivity contribution >= 4 is 5.91 Å². The molecule has 1 atom stereocenters. The van der Waals surface area contributed by atoms with Gasteiger partial charge in [0.05, 0.1) is 18.2 Å². The summed E-state index contributed by atoms with van der Waals surface area (Å²) in [6, 6.07) is 18.3. The zero-order valence-corrected chi connectivity index (χ0v) is 15.0. The Balaban J connectivity index is 1.51. The second kappa shape index (κ2) is 7.16. The fraction of sp³-hybridized carbons (Fsp3) is 0.273. The van der Waals surface area contributed by atoms with Crippen molar-refractivity contribution < 1.29 is 4.79 Å². The SMILES string of the molecule is Cc1ccc(-c2c[nH]c([C@@H]3CCCN3C(=O)Cc3ccccc3)n2)cc1. The van der Waals surface area contributed by atoms with Gasteiger partial charge in [-0.05, 0) is 25.3 Å². The van der Waals surface area contributed by atoms with Gasteiger partial charge in [-0.15, -0.1) is 0 Å². The van der Waals surface area contributed by atoms with Crippen molar-refractivity contribution in [3.8, 4) is 11.3 Å². The Kier molecular flexibility index (Phi) is 4.57. The van der Waals surface area contributed by atoms with Gasteiger partial charge >= 0.3 is 0 Å². The molecule has 0 radical (unpaired) electrons. The number of aromatic amines is 1. The molecule has 0 bridgehead atoms. The molecule has 132 valence electrons. The molecule has 4 heteroatoms. The van der Waals surface area contributed by atoms with Crippen LogP contribution in [0.3, 0.4) is 0 Å². The van der Waals surface area contributed by atoms with Gasteiger partial charge in [0.15, 0.2) is 0 Å². The molecule has 1 aliphatic heterocycles. The Hall–Kier alpha value is -2.88. The van der Waals surface area contributed by atoms with Crippen LogP contribution in [0.4, 0.5) is 0 Å². The van der Waals surface area contributed by atoms with Crippen molar-refractivity contribution in [2.75, 3.05) is 6.54 Å². The van der Waals surface area contributed by atoms with Crippen molar-refractivity contribution in [1.29, 1.82) is 0 Å². The number of nitrogens with one attached hydrogen (secondary N) is 1. The molecular weight excluding hydrogens is 322 g/mol. The molecular formula is C22H23N3O. The number of amides is 1. The number of carbonyl (C=O) groups is 1. The summed E-state index contributed by atoms with van der Waals surface area (Å²) in [7, 11) is 0. The summed E-state index contributed by atoms with van der Waals surface area (Å²) < 4.78 is 0. The molecule has 4 rings (SSSR count). The average Bonchev–Trinajstić information content (AvgIpc) is 3.32. The predicted molar refractivity (Wildman–Crippen MR) is 103 cm³/mol. The molecule has 1 saturated heterocycles. The first-order valence-corrected chi connectivity index (χ1v) is 9.16. The fourth-order valence-electron chi connectivity index (χ4n) is 3.60. The average molecular weight is 345 g/mol. The van der Waals surface area contributed by atoms with Gasteiger partial charge in [0.25, 0.3) is 0 Å². The van der Waals surface area contributed by atoms with Crippen LogP contribution in [0.5, 0.6) is 0 Å². The molecule has 1 aliphatic rings. The molecule has 1 amide bonds. The summed E-state index contributed by atoms with van der Waals surface area (Å²) in [6.07, 6.45) is 4.37. The molecule has 3 aromatic rings. The van der Waals surface area contributed by atoms with Crippen LogP contribution in [0.25, 0.3) is 11.3 Å². The Morgan fingerprint density at radius 2 is 1.92 bits per heavy atom. The van der Waals surface area contributed by atoms with Gasteiger partial charge in [-0.2, -0.15) is 0 Å². The van der Waals surface area contributed by atoms with E-state index in [1.807, 2.05) is 41.4 Å². The number of hydrogen-bond acceptors (Lipinski definition) is 2. The third-order valence-corrected chi connectivity index (χ3v) is 5.03. The fourth-order valence-corrected chi connectivity index (χ4v) is 3.60. The Bertz CT molecular complexity index is 883. The van der Waals surface area contributed by atoms with Gasteiger partial charge in [-0.1, -0.05) is 60.2 Å². The topological polar surface area (TPSA) is 49.0 Å². The van der Waals surface area contributed by atoms with Gasteiger partial charge in [-0.25, -0.2) is 4.98 Å². The minimum Gasteiger partial charge on any atom is -0.346 e. The van der Waals surface area contributed by atoms with Crippen LogP contribution in [-0.4, -0.2) is 27.3 Å². The van der Waals surface area contributed by atoms with E-state index in [1.54, 1.807) is 0 Å². The van der Waals surface area contributed by atoms with Crippen LogP contribution in [-0.2, 0) is 11.2 Å². The number of likely N-dealkylation sites (tertiary alicyclic amines) is 1. The van der Waals surface area contributed by atoms with E-state index >= 15 is 0 Å². The zero-order chi connectivity index (χ0) is 17.9. The maximum atomic E-state index is 12.8. The Labute approximate surface area is 153 Å². The third-order valence-electron chi connectivity index (χ3n) is 5.03. The molecule has 0 unspecified atom stereocenters. The minimum absolute atomic E-state index is 0.0467. The quantitative estimate of drug-likeness (QED) is 0.767. The summed E-state index contributed by atoms with van der Waals surface area (Å²) in [5, 5.41) is 0.